The Morgan fingerprint density at radius 3 is 2.00 bits per heavy atom. The second kappa shape index (κ2) is 5.71. The van der Waals surface area contributed by atoms with Gasteiger partial charge in [-0.05, 0) is 17.0 Å². The van der Waals surface area contributed by atoms with E-state index in [0.717, 1.165) is 13.2 Å². The predicted molar refractivity (Wildman–Crippen MR) is 65.6 cm³/mol. The van der Waals surface area contributed by atoms with Crippen LogP contribution in [-0.4, -0.2) is 14.4 Å². The first-order chi connectivity index (χ1) is 9.85. The predicted octanol–water partition coefficient (Wildman–Crippen LogP) is 1.92. The van der Waals surface area contributed by atoms with Crippen LogP contribution in [0.4, 0.5) is 26.3 Å². The number of hydrogen-bond acceptors (Lipinski definition) is 1. The molecule has 0 unspecified atom stereocenters. The lowest BCUT2D eigenvalue weighted by Gasteiger charge is -2.09. The number of rotatable bonds is 3. The van der Waals surface area contributed by atoms with Crippen LogP contribution in [0.3, 0.4) is 0 Å². The molecule has 0 amide bonds. The minimum atomic E-state index is -1.86. The molecule has 1 nitrogen and oxygen atoms in total. The first kappa shape index (κ1) is 15.3. The molecule has 0 saturated heterocycles. The van der Waals surface area contributed by atoms with Gasteiger partial charge in [-0.3, -0.25) is 0 Å². The molecule has 21 heavy (non-hydrogen) atoms. The summed E-state index contributed by atoms with van der Waals surface area (Å²) in [7, 11) is 0.399. The van der Waals surface area contributed by atoms with E-state index in [1.165, 1.54) is 0 Å². The highest BCUT2D eigenvalue weighted by atomic mass is 19.2. The lowest BCUT2D eigenvalue weighted by atomic mass is 9.63. The molecule has 0 heterocycles. The molecule has 0 spiro atoms. The second-order valence-corrected chi connectivity index (χ2v) is 4.20. The third-order valence-corrected chi connectivity index (χ3v) is 2.90. The highest BCUT2D eigenvalue weighted by molar-refractivity contribution is 6.67. The molecule has 2 aromatic rings. The zero-order valence-corrected chi connectivity index (χ0v) is 10.6. The van der Waals surface area contributed by atoms with E-state index >= 15 is 0 Å². The SMILES string of the molecule is COc1cc(Bc2c(F)cc(F)c(F)c2F)c(F)cc1F. The third kappa shape index (κ3) is 2.84. The smallest absolute Gasteiger partial charge is 0.204 e. The van der Waals surface area contributed by atoms with Crippen LogP contribution < -0.4 is 15.7 Å². The van der Waals surface area contributed by atoms with Crippen molar-refractivity contribution in [2.45, 2.75) is 0 Å². The normalized spacial score (nSPS) is 10.6. The average molecular weight is 304 g/mol. The first-order valence-corrected chi connectivity index (χ1v) is 5.69. The highest BCUT2D eigenvalue weighted by Crippen LogP contribution is 2.16. The fourth-order valence-corrected chi connectivity index (χ4v) is 1.82. The summed E-state index contributed by atoms with van der Waals surface area (Å²) in [6.07, 6.45) is 0. The quantitative estimate of drug-likeness (QED) is 0.364. The maximum atomic E-state index is 13.6. The zero-order chi connectivity index (χ0) is 15.7. The lowest BCUT2D eigenvalue weighted by Crippen LogP contribution is -2.35. The number of hydrogen-bond donors (Lipinski definition) is 0. The summed E-state index contributed by atoms with van der Waals surface area (Å²) in [5.74, 6) is -9.09. The molecule has 0 aliphatic carbocycles. The molecule has 8 heteroatoms. The van der Waals surface area contributed by atoms with Crippen LogP contribution in [0.2, 0.25) is 0 Å². The molecule has 0 bridgehead atoms. The van der Waals surface area contributed by atoms with E-state index in [2.05, 4.69) is 4.74 Å². The Kier molecular flexibility index (Phi) is 4.15. The minimum absolute atomic E-state index is 0.159. The fraction of sp³-hybridized carbons (Fsp3) is 0.0769. The Morgan fingerprint density at radius 2 is 1.38 bits per heavy atom. The Balaban J connectivity index is 2.51. The Hall–Kier alpha value is -2.12. The summed E-state index contributed by atoms with van der Waals surface area (Å²) in [5, 5.41) is 0. The van der Waals surface area contributed by atoms with Gasteiger partial charge in [-0.1, -0.05) is 0 Å². The third-order valence-electron chi connectivity index (χ3n) is 2.90. The van der Waals surface area contributed by atoms with Gasteiger partial charge in [-0.15, -0.1) is 0 Å². The van der Waals surface area contributed by atoms with Gasteiger partial charge in [0.25, 0.3) is 0 Å². The number of halogens is 6. The Labute approximate surface area is 116 Å². The topological polar surface area (TPSA) is 9.23 Å². The first-order valence-electron chi connectivity index (χ1n) is 5.69. The number of benzene rings is 2. The average Bonchev–Trinajstić information content (AvgIpc) is 2.43. The standard InChI is InChI=1S/C13H7BF6O/c1-21-10-2-5(6(15)3-7(10)16)14-11-8(17)4-9(18)12(19)13(11)20/h2-4,14H,1H3. The lowest BCUT2D eigenvalue weighted by molar-refractivity contribution is 0.385. The number of methoxy groups -OCH3 is 1. The van der Waals surface area contributed by atoms with Gasteiger partial charge < -0.3 is 4.74 Å². The van der Waals surface area contributed by atoms with E-state index in [-0.39, 0.29) is 17.3 Å². The van der Waals surface area contributed by atoms with Gasteiger partial charge >= 0.3 is 0 Å². The van der Waals surface area contributed by atoms with Crippen LogP contribution in [0, 0.1) is 34.9 Å². The van der Waals surface area contributed by atoms with Gasteiger partial charge in [0.1, 0.15) is 11.6 Å². The Bertz CT molecular complexity index is 704. The van der Waals surface area contributed by atoms with E-state index in [1.807, 2.05) is 0 Å². The van der Waals surface area contributed by atoms with Crippen LogP contribution in [0.25, 0.3) is 0 Å². The van der Waals surface area contributed by atoms with Crippen molar-refractivity contribution in [2.24, 2.45) is 0 Å². The molecule has 0 aliphatic rings. The van der Waals surface area contributed by atoms with Crippen LogP contribution in [0.15, 0.2) is 18.2 Å². The molecule has 110 valence electrons. The zero-order valence-electron chi connectivity index (χ0n) is 10.6. The van der Waals surface area contributed by atoms with Crippen molar-refractivity contribution >= 4 is 18.2 Å². The highest BCUT2D eigenvalue weighted by Gasteiger charge is 2.22. The monoisotopic (exact) mass is 304 g/mol. The molecule has 0 saturated carbocycles. The molecular weight excluding hydrogens is 297 g/mol. The largest absolute Gasteiger partial charge is 0.494 e. The molecular formula is C13H7BF6O. The summed E-state index contributed by atoms with van der Waals surface area (Å²) in [5.41, 5.74) is -1.18. The second-order valence-electron chi connectivity index (χ2n) is 4.20. The van der Waals surface area contributed by atoms with Crippen LogP contribution in [0.1, 0.15) is 0 Å². The van der Waals surface area contributed by atoms with Gasteiger partial charge in [-0.2, -0.15) is 0 Å². The van der Waals surface area contributed by atoms with Crippen LogP contribution in [-0.2, 0) is 0 Å². The maximum Gasteiger partial charge on any atom is 0.204 e. The summed E-state index contributed by atoms with van der Waals surface area (Å²) >= 11 is 0. The maximum absolute atomic E-state index is 13.6. The molecule has 0 atom stereocenters. The van der Waals surface area contributed by atoms with Crippen molar-refractivity contribution in [3.8, 4) is 5.75 Å². The van der Waals surface area contributed by atoms with Crippen molar-refractivity contribution in [3.05, 3.63) is 53.1 Å². The summed E-state index contributed by atoms with van der Waals surface area (Å²) in [6.45, 7) is 0. The molecule has 0 aromatic heterocycles. The van der Waals surface area contributed by atoms with Gasteiger partial charge in [0.05, 0.1) is 7.11 Å². The van der Waals surface area contributed by atoms with Crippen molar-refractivity contribution < 1.29 is 31.1 Å². The molecule has 2 rings (SSSR count). The van der Waals surface area contributed by atoms with E-state index in [1.54, 1.807) is 0 Å². The molecule has 2 aromatic carbocycles. The van der Waals surface area contributed by atoms with Crippen molar-refractivity contribution in [1.82, 2.24) is 0 Å². The van der Waals surface area contributed by atoms with E-state index in [4.69, 9.17) is 0 Å². The molecule has 0 fully saturated rings. The van der Waals surface area contributed by atoms with Gasteiger partial charge in [-0.25, -0.2) is 26.3 Å². The van der Waals surface area contributed by atoms with Gasteiger partial charge in [0, 0.05) is 12.1 Å². The minimum Gasteiger partial charge on any atom is -0.494 e. The van der Waals surface area contributed by atoms with E-state index in [0.29, 0.717) is 6.07 Å². The van der Waals surface area contributed by atoms with E-state index in [9.17, 15) is 26.3 Å². The number of ether oxygens (including phenoxy) is 1. The van der Waals surface area contributed by atoms with Crippen LogP contribution >= 0.6 is 0 Å². The summed E-state index contributed by atoms with van der Waals surface area (Å²) in [6, 6.07) is 1.53. The van der Waals surface area contributed by atoms with Crippen molar-refractivity contribution in [1.29, 1.82) is 0 Å². The molecule has 0 aliphatic heterocycles. The van der Waals surface area contributed by atoms with Crippen molar-refractivity contribution in [2.75, 3.05) is 7.11 Å². The van der Waals surface area contributed by atoms with Crippen LogP contribution in [0.5, 0.6) is 5.75 Å². The van der Waals surface area contributed by atoms with E-state index < -0.39 is 47.6 Å². The summed E-state index contributed by atoms with van der Waals surface area (Å²) in [4.78, 5) is 0. The molecule has 0 N–H and O–H groups in total. The Morgan fingerprint density at radius 1 is 0.762 bits per heavy atom. The summed E-state index contributed by atoms with van der Waals surface area (Å²) < 4.78 is 84.3. The fourth-order valence-electron chi connectivity index (χ4n) is 1.82. The van der Waals surface area contributed by atoms with Crippen molar-refractivity contribution in [3.63, 3.8) is 0 Å². The molecule has 0 radical (unpaired) electrons. The van der Waals surface area contributed by atoms with Gasteiger partial charge in [0.2, 0.25) is 7.28 Å². The van der Waals surface area contributed by atoms with Gasteiger partial charge in [0.15, 0.2) is 29.0 Å².